The van der Waals surface area contributed by atoms with Crippen LogP contribution in [-0.2, 0) is 4.79 Å². The first-order valence-corrected chi connectivity index (χ1v) is 7.79. The minimum absolute atomic E-state index is 0.0620. The van der Waals surface area contributed by atoms with Crippen LogP contribution in [-0.4, -0.2) is 19.6 Å². The van der Waals surface area contributed by atoms with E-state index in [9.17, 15) is 4.79 Å². The number of carbonyl (C=O) groups excluding carboxylic acids is 1. The summed E-state index contributed by atoms with van der Waals surface area (Å²) in [5, 5.41) is 2.83. The molecule has 2 aromatic rings. The number of nitrogens with one attached hydrogen (secondary N) is 1. The monoisotopic (exact) mass is 313 g/mol. The largest absolute Gasteiger partial charge is 0.493 e. The molecule has 1 amide bonds. The van der Waals surface area contributed by atoms with Gasteiger partial charge in [0.2, 0.25) is 0 Å². The molecule has 23 heavy (non-hydrogen) atoms. The molecule has 2 rings (SSSR count). The van der Waals surface area contributed by atoms with E-state index in [0.29, 0.717) is 17.4 Å². The lowest BCUT2D eigenvalue weighted by Crippen LogP contribution is -2.20. The van der Waals surface area contributed by atoms with Crippen LogP contribution in [0.25, 0.3) is 0 Å². The third-order valence-electron chi connectivity index (χ3n) is 3.80. The number of methoxy groups -OCH3 is 1. The van der Waals surface area contributed by atoms with Gasteiger partial charge in [-0.1, -0.05) is 38.1 Å². The Kier molecular flexibility index (Phi) is 6.03. The molecular weight excluding hydrogens is 290 g/mol. The quantitative estimate of drug-likeness (QED) is 0.832. The van der Waals surface area contributed by atoms with Crippen molar-refractivity contribution in [3.63, 3.8) is 0 Å². The maximum atomic E-state index is 12.0. The van der Waals surface area contributed by atoms with Crippen molar-refractivity contribution in [1.29, 1.82) is 0 Å². The van der Waals surface area contributed by atoms with Gasteiger partial charge in [-0.2, -0.15) is 0 Å². The lowest BCUT2D eigenvalue weighted by Gasteiger charge is -2.12. The number of para-hydroxylation sites is 2. The van der Waals surface area contributed by atoms with Crippen LogP contribution in [0.15, 0.2) is 48.5 Å². The van der Waals surface area contributed by atoms with Crippen LogP contribution >= 0.6 is 0 Å². The van der Waals surface area contributed by atoms with E-state index in [1.54, 1.807) is 19.2 Å². The van der Waals surface area contributed by atoms with Crippen LogP contribution in [0.3, 0.4) is 0 Å². The summed E-state index contributed by atoms with van der Waals surface area (Å²) in [6.45, 7) is 4.29. The average Bonchev–Trinajstić information content (AvgIpc) is 2.60. The van der Waals surface area contributed by atoms with Gasteiger partial charge in [0.1, 0.15) is 0 Å². The summed E-state index contributed by atoms with van der Waals surface area (Å²) in [6.07, 6.45) is 1.10. The Morgan fingerprint density at radius 3 is 2.35 bits per heavy atom. The molecule has 2 aromatic carbocycles. The van der Waals surface area contributed by atoms with Crippen molar-refractivity contribution in [3.05, 3.63) is 54.1 Å². The Hall–Kier alpha value is -2.49. The zero-order chi connectivity index (χ0) is 16.7. The second kappa shape index (κ2) is 8.22. The first-order valence-electron chi connectivity index (χ1n) is 7.79. The first-order chi connectivity index (χ1) is 11.1. The zero-order valence-electron chi connectivity index (χ0n) is 13.8. The smallest absolute Gasteiger partial charge is 0.262 e. The molecule has 0 saturated carbocycles. The molecule has 0 aliphatic rings. The normalized spacial score (nSPS) is 11.6. The van der Waals surface area contributed by atoms with Crippen molar-refractivity contribution in [3.8, 4) is 11.5 Å². The molecule has 122 valence electrons. The summed E-state index contributed by atoms with van der Waals surface area (Å²) in [5.74, 6) is 1.48. The van der Waals surface area contributed by atoms with Gasteiger partial charge in [-0.25, -0.2) is 0 Å². The van der Waals surface area contributed by atoms with Crippen molar-refractivity contribution in [2.24, 2.45) is 0 Å². The molecule has 0 unspecified atom stereocenters. The van der Waals surface area contributed by atoms with E-state index in [1.165, 1.54) is 5.56 Å². The number of hydrogen-bond acceptors (Lipinski definition) is 3. The fraction of sp³-hybridized carbons (Fsp3) is 0.316. The van der Waals surface area contributed by atoms with Crippen LogP contribution in [0.2, 0.25) is 0 Å². The number of benzene rings is 2. The fourth-order valence-corrected chi connectivity index (χ4v) is 2.21. The van der Waals surface area contributed by atoms with E-state index in [1.807, 2.05) is 36.4 Å². The highest BCUT2D eigenvalue weighted by Gasteiger charge is 2.08. The zero-order valence-corrected chi connectivity index (χ0v) is 13.8. The van der Waals surface area contributed by atoms with Crippen LogP contribution in [0.1, 0.15) is 31.7 Å². The molecule has 0 aromatic heterocycles. The second-order valence-electron chi connectivity index (χ2n) is 5.42. The summed E-state index contributed by atoms with van der Waals surface area (Å²) in [5.41, 5.74) is 2.04. The van der Waals surface area contributed by atoms with Gasteiger partial charge in [-0.15, -0.1) is 0 Å². The Labute approximate surface area is 137 Å². The molecule has 4 nitrogen and oxygen atoms in total. The summed E-state index contributed by atoms with van der Waals surface area (Å²) in [7, 11) is 1.57. The van der Waals surface area contributed by atoms with E-state index in [2.05, 4.69) is 19.2 Å². The molecule has 1 N–H and O–H groups in total. The van der Waals surface area contributed by atoms with Gasteiger partial charge in [0.05, 0.1) is 7.11 Å². The molecule has 4 heteroatoms. The van der Waals surface area contributed by atoms with E-state index >= 15 is 0 Å². The number of anilines is 1. The van der Waals surface area contributed by atoms with Gasteiger partial charge in [0.25, 0.3) is 5.91 Å². The Balaban J connectivity index is 1.89. The second-order valence-corrected chi connectivity index (χ2v) is 5.42. The molecule has 0 heterocycles. The number of rotatable bonds is 7. The van der Waals surface area contributed by atoms with Crippen LogP contribution in [0.4, 0.5) is 5.69 Å². The summed E-state index contributed by atoms with van der Waals surface area (Å²) >= 11 is 0. The fourth-order valence-electron chi connectivity index (χ4n) is 2.21. The minimum Gasteiger partial charge on any atom is -0.493 e. The van der Waals surface area contributed by atoms with Crippen LogP contribution in [0.5, 0.6) is 11.5 Å². The van der Waals surface area contributed by atoms with Crippen molar-refractivity contribution in [2.75, 3.05) is 19.0 Å². The highest BCUT2D eigenvalue weighted by molar-refractivity contribution is 5.91. The van der Waals surface area contributed by atoms with Gasteiger partial charge in [0.15, 0.2) is 18.1 Å². The van der Waals surface area contributed by atoms with Gasteiger partial charge in [0, 0.05) is 5.69 Å². The van der Waals surface area contributed by atoms with E-state index < -0.39 is 0 Å². The molecule has 0 aliphatic heterocycles. The lowest BCUT2D eigenvalue weighted by molar-refractivity contribution is -0.118. The molecular formula is C19H23NO3. The number of amides is 1. The van der Waals surface area contributed by atoms with Gasteiger partial charge in [-0.3, -0.25) is 4.79 Å². The molecule has 0 fully saturated rings. The number of carbonyl (C=O) groups is 1. The molecule has 0 bridgehead atoms. The predicted octanol–water partition coefficient (Wildman–Crippen LogP) is 4.23. The molecule has 1 atom stereocenters. The van der Waals surface area contributed by atoms with E-state index in [4.69, 9.17) is 9.47 Å². The van der Waals surface area contributed by atoms with Crippen LogP contribution < -0.4 is 14.8 Å². The van der Waals surface area contributed by atoms with Crippen molar-refractivity contribution in [1.82, 2.24) is 0 Å². The minimum atomic E-state index is -0.202. The summed E-state index contributed by atoms with van der Waals surface area (Å²) in [6, 6.07) is 15.2. The standard InChI is InChI=1S/C19H23NO3/c1-4-14(2)15-9-11-16(12-10-15)20-19(21)13-23-18-8-6-5-7-17(18)22-3/h5-12,14H,4,13H2,1-3H3,(H,20,21)/t14-/m1/s1. The highest BCUT2D eigenvalue weighted by atomic mass is 16.5. The maximum absolute atomic E-state index is 12.0. The van der Waals surface area contributed by atoms with E-state index in [-0.39, 0.29) is 12.5 Å². The Morgan fingerprint density at radius 2 is 1.74 bits per heavy atom. The first kappa shape index (κ1) is 16.9. The molecule has 0 spiro atoms. The molecule has 0 saturated heterocycles. The Morgan fingerprint density at radius 1 is 1.09 bits per heavy atom. The van der Waals surface area contributed by atoms with Gasteiger partial charge in [-0.05, 0) is 42.2 Å². The number of ether oxygens (including phenoxy) is 2. The maximum Gasteiger partial charge on any atom is 0.262 e. The molecule has 0 aliphatic carbocycles. The SMILES string of the molecule is CC[C@@H](C)c1ccc(NC(=O)COc2ccccc2OC)cc1. The number of hydrogen-bond donors (Lipinski definition) is 1. The van der Waals surface area contributed by atoms with Crippen molar-refractivity contribution >= 4 is 11.6 Å². The van der Waals surface area contributed by atoms with Gasteiger partial charge < -0.3 is 14.8 Å². The lowest BCUT2D eigenvalue weighted by atomic mass is 9.99. The highest BCUT2D eigenvalue weighted by Crippen LogP contribution is 2.25. The van der Waals surface area contributed by atoms with Gasteiger partial charge >= 0.3 is 0 Å². The topological polar surface area (TPSA) is 47.6 Å². The molecule has 0 radical (unpaired) electrons. The summed E-state index contributed by atoms with van der Waals surface area (Å²) in [4.78, 5) is 12.0. The van der Waals surface area contributed by atoms with Crippen LogP contribution in [0, 0.1) is 0 Å². The third kappa shape index (κ3) is 4.74. The Bertz CT molecular complexity index is 637. The summed E-state index contributed by atoms with van der Waals surface area (Å²) < 4.78 is 10.7. The predicted molar refractivity (Wildman–Crippen MR) is 92.3 cm³/mol. The van der Waals surface area contributed by atoms with E-state index in [0.717, 1.165) is 12.1 Å². The van der Waals surface area contributed by atoms with Crippen molar-refractivity contribution in [2.45, 2.75) is 26.2 Å². The average molecular weight is 313 g/mol. The van der Waals surface area contributed by atoms with Crippen molar-refractivity contribution < 1.29 is 14.3 Å². The third-order valence-corrected chi connectivity index (χ3v) is 3.80.